The Morgan fingerprint density at radius 1 is 1.19 bits per heavy atom. The highest BCUT2D eigenvalue weighted by atomic mass is 16.5. The molecule has 140 valence electrons. The molecule has 0 saturated carbocycles. The molecule has 0 fully saturated rings. The number of H-pyrrole nitrogens is 1. The largest absolute Gasteiger partial charge is 0.456 e. The van der Waals surface area contributed by atoms with Crippen molar-refractivity contribution in [3.63, 3.8) is 0 Å². The zero-order valence-corrected chi connectivity index (χ0v) is 15.4. The van der Waals surface area contributed by atoms with Gasteiger partial charge >= 0.3 is 11.4 Å². The number of rotatable bonds is 6. The lowest BCUT2D eigenvalue weighted by Crippen LogP contribution is -2.38. The molecular weight excluding hydrogens is 346 g/mol. The summed E-state index contributed by atoms with van der Waals surface area (Å²) < 4.78 is 6.85. The first-order valence-corrected chi connectivity index (χ1v) is 8.58. The number of nitrogens with zero attached hydrogens (tertiary/aromatic N) is 3. The van der Waals surface area contributed by atoms with Crippen molar-refractivity contribution in [1.29, 1.82) is 0 Å². The van der Waals surface area contributed by atoms with E-state index < -0.39 is 11.4 Å². The normalized spacial score (nSPS) is 10.8. The summed E-state index contributed by atoms with van der Waals surface area (Å²) in [4.78, 5) is 34.6. The van der Waals surface area contributed by atoms with E-state index in [9.17, 15) is 9.59 Å². The Labute approximate surface area is 155 Å². The van der Waals surface area contributed by atoms with E-state index in [2.05, 4.69) is 20.3 Å². The molecule has 2 N–H and O–H groups in total. The molecule has 0 radical (unpaired) electrons. The second-order valence-corrected chi connectivity index (χ2v) is 6.38. The Kier molecular flexibility index (Phi) is 5.35. The first-order chi connectivity index (χ1) is 12.9. The van der Waals surface area contributed by atoms with Crippen LogP contribution in [0.4, 0.5) is 5.95 Å². The molecule has 0 unspecified atom stereocenters. The molecule has 2 aromatic heterocycles. The fourth-order valence-corrected chi connectivity index (χ4v) is 2.52. The quantitative estimate of drug-likeness (QED) is 0.694. The van der Waals surface area contributed by atoms with Crippen LogP contribution >= 0.6 is 0 Å². The van der Waals surface area contributed by atoms with Crippen molar-refractivity contribution in [1.82, 2.24) is 19.5 Å². The average Bonchev–Trinajstić information content (AvgIpc) is 2.61. The molecule has 1 aromatic carbocycles. The Morgan fingerprint density at radius 3 is 2.67 bits per heavy atom. The first-order valence-electron chi connectivity index (χ1n) is 8.58. The summed E-state index contributed by atoms with van der Waals surface area (Å²) in [6.45, 7) is 5.78. The van der Waals surface area contributed by atoms with Crippen LogP contribution in [-0.2, 0) is 6.54 Å². The van der Waals surface area contributed by atoms with Gasteiger partial charge in [0.1, 0.15) is 11.5 Å². The van der Waals surface area contributed by atoms with Crippen molar-refractivity contribution in [3.8, 4) is 11.5 Å². The highest BCUT2D eigenvalue weighted by Gasteiger charge is 2.09. The van der Waals surface area contributed by atoms with Crippen LogP contribution in [0.25, 0.3) is 0 Å². The zero-order chi connectivity index (χ0) is 19.4. The number of anilines is 1. The molecule has 8 heteroatoms. The predicted octanol–water partition coefficient (Wildman–Crippen LogP) is 2.62. The van der Waals surface area contributed by atoms with Gasteiger partial charge in [-0.3, -0.25) is 9.97 Å². The Balaban J connectivity index is 1.71. The molecule has 0 spiro atoms. The smallest absolute Gasteiger partial charge is 0.355 e. The van der Waals surface area contributed by atoms with Crippen molar-refractivity contribution in [2.24, 2.45) is 0 Å². The summed E-state index contributed by atoms with van der Waals surface area (Å²) in [5.74, 6) is 1.45. The number of aromatic amines is 1. The maximum absolute atomic E-state index is 12.0. The van der Waals surface area contributed by atoms with Crippen molar-refractivity contribution >= 4 is 5.95 Å². The molecule has 3 aromatic rings. The average molecular weight is 367 g/mol. The molecule has 0 aliphatic rings. The van der Waals surface area contributed by atoms with E-state index in [1.54, 1.807) is 20.0 Å². The predicted molar refractivity (Wildman–Crippen MR) is 102 cm³/mol. The van der Waals surface area contributed by atoms with Crippen LogP contribution in [0.3, 0.4) is 0 Å². The molecule has 8 nitrogen and oxygen atoms in total. The van der Waals surface area contributed by atoms with Crippen molar-refractivity contribution in [2.75, 3.05) is 5.32 Å². The fourth-order valence-electron chi connectivity index (χ4n) is 2.52. The van der Waals surface area contributed by atoms with Gasteiger partial charge < -0.3 is 10.1 Å². The Bertz CT molecular complexity index is 1010. The topological polar surface area (TPSA) is 102 Å². The van der Waals surface area contributed by atoms with E-state index in [0.29, 0.717) is 18.0 Å². The van der Waals surface area contributed by atoms with Crippen LogP contribution in [-0.4, -0.2) is 19.5 Å². The van der Waals surface area contributed by atoms with Gasteiger partial charge in [0.2, 0.25) is 5.95 Å². The fraction of sp³-hybridized carbons (Fsp3) is 0.263. The second kappa shape index (κ2) is 7.86. The summed E-state index contributed by atoms with van der Waals surface area (Å²) >= 11 is 0. The van der Waals surface area contributed by atoms with Crippen LogP contribution in [0.2, 0.25) is 0 Å². The summed E-state index contributed by atoms with van der Waals surface area (Å²) in [6.07, 6.45) is 1.67. The van der Waals surface area contributed by atoms with Gasteiger partial charge in [-0.2, -0.15) is 4.98 Å². The molecular formula is C19H21N5O3. The maximum atomic E-state index is 12.0. The SMILES string of the molecule is Cc1ccc(Oc2cccc(CNc3nc(=O)n(C(C)C)c(=O)[nH]3)c2)cn1. The lowest BCUT2D eigenvalue weighted by atomic mass is 10.2. The highest BCUT2D eigenvalue weighted by Crippen LogP contribution is 2.21. The van der Waals surface area contributed by atoms with Crippen LogP contribution in [0.15, 0.2) is 52.2 Å². The van der Waals surface area contributed by atoms with Crippen LogP contribution in [0.5, 0.6) is 11.5 Å². The third kappa shape index (κ3) is 4.60. The molecule has 0 atom stereocenters. The van der Waals surface area contributed by atoms with E-state index in [0.717, 1.165) is 15.8 Å². The molecule has 0 aliphatic heterocycles. The highest BCUT2D eigenvalue weighted by molar-refractivity contribution is 5.35. The maximum Gasteiger partial charge on any atom is 0.355 e. The van der Waals surface area contributed by atoms with E-state index in [1.807, 2.05) is 43.3 Å². The first kappa shape index (κ1) is 18.4. The van der Waals surface area contributed by atoms with Crippen LogP contribution in [0.1, 0.15) is 31.1 Å². The number of hydrogen-bond donors (Lipinski definition) is 2. The number of benzene rings is 1. The van der Waals surface area contributed by atoms with Gasteiger partial charge in [-0.25, -0.2) is 14.2 Å². The van der Waals surface area contributed by atoms with Gasteiger partial charge in [-0.15, -0.1) is 0 Å². The lowest BCUT2D eigenvalue weighted by molar-refractivity contribution is 0.479. The van der Waals surface area contributed by atoms with Gasteiger partial charge in [0, 0.05) is 18.3 Å². The molecule has 0 amide bonds. The zero-order valence-electron chi connectivity index (χ0n) is 15.4. The summed E-state index contributed by atoms with van der Waals surface area (Å²) in [6, 6.07) is 10.9. The Morgan fingerprint density at radius 2 is 2.00 bits per heavy atom. The summed E-state index contributed by atoms with van der Waals surface area (Å²) in [5, 5.41) is 2.96. The monoisotopic (exact) mass is 367 g/mol. The second-order valence-electron chi connectivity index (χ2n) is 6.38. The van der Waals surface area contributed by atoms with Gasteiger partial charge in [0.05, 0.1) is 6.20 Å². The minimum atomic E-state index is -0.583. The van der Waals surface area contributed by atoms with Crippen LogP contribution < -0.4 is 21.4 Å². The molecule has 3 rings (SSSR count). The number of aromatic nitrogens is 4. The van der Waals surface area contributed by atoms with Crippen molar-refractivity contribution < 1.29 is 4.74 Å². The number of pyridine rings is 1. The van der Waals surface area contributed by atoms with E-state index in [4.69, 9.17) is 4.74 Å². The Hall–Kier alpha value is -3.42. The van der Waals surface area contributed by atoms with E-state index in [-0.39, 0.29) is 12.0 Å². The number of nitrogens with one attached hydrogen (secondary N) is 2. The van der Waals surface area contributed by atoms with Gasteiger partial charge in [0.15, 0.2) is 0 Å². The van der Waals surface area contributed by atoms with Crippen molar-refractivity contribution in [3.05, 3.63) is 74.8 Å². The van der Waals surface area contributed by atoms with E-state index in [1.165, 1.54) is 0 Å². The molecule has 0 aliphatic carbocycles. The summed E-state index contributed by atoms with van der Waals surface area (Å²) in [7, 11) is 0. The van der Waals surface area contributed by atoms with Gasteiger partial charge in [-0.1, -0.05) is 12.1 Å². The molecule has 27 heavy (non-hydrogen) atoms. The standard InChI is InChI=1S/C19H21N5O3/c1-12(2)24-18(25)22-17(23-19(24)26)21-10-14-5-4-6-15(9-14)27-16-8-7-13(3)20-11-16/h4-9,11-12H,10H2,1-3H3,(H2,21,22,23,25,26). The lowest BCUT2D eigenvalue weighted by Gasteiger charge is -2.10. The van der Waals surface area contributed by atoms with Crippen LogP contribution in [0, 0.1) is 6.92 Å². The molecule has 0 bridgehead atoms. The minimum Gasteiger partial charge on any atom is -0.456 e. The minimum absolute atomic E-state index is 0.135. The molecule has 2 heterocycles. The van der Waals surface area contributed by atoms with Gasteiger partial charge in [0.25, 0.3) is 0 Å². The van der Waals surface area contributed by atoms with E-state index >= 15 is 0 Å². The van der Waals surface area contributed by atoms with Gasteiger partial charge in [-0.05, 0) is 50.6 Å². The third-order valence-electron chi connectivity index (χ3n) is 3.85. The number of ether oxygens (including phenoxy) is 1. The van der Waals surface area contributed by atoms with Crippen molar-refractivity contribution in [2.45, 2.75) is 33.4 Å². The summed E-state index contributed by atoms with van der Waals surface area (Å²) in [5.41, 5.74) is 0.751. The number of hydrogen-bond acceptors (Lipinski definition) is 6. The number of aryl methyl sites for hydroxylation is 1. The molecule has 0 saturated heterocycles. The third-order valence-corrected chi connectivity index (χ3v) is 3.85.